The maximum absolute atomic E-state index is 14.8. The Morgan fingerprint density at radius 2 is 2.21 bits per heavy atom. The average molecular weight is 474 g/mol. The lowest BCUT2D eigenvalue weighted by Crippen LogP contribution is -2.45. The van der Waals surface area contributed by atoms with Crippen LogP contribution in [-0.2, 0) is 25.4 Å². The largest absolute Gasteiger partial charge is 0.393 e. The van der Waals surface area contributed by atoms with Gasteiger partial charge in [-0.15, -0.1) is 0 Å². The summed E-state index contributed by atoms with van der Waals surface area (Å²) in [6, 6.07) is 0.408. The van der Waals surface area contributed by atoms with E-state index in [2.05, 4.69) is 31.3 Å². The topological polar surface area (TPSA) is 83.3 Å². The molecule has 0 aliphatic carbocycles. The van der Waals surface area contributed by atoms with E-state index in [0.717, 1.165) is 0 Å². The lowest BCUT2D eigenvalue weighted by atomic mass is 9.96. The first kappa shape index (κ1) is 20.1. The molecule has 2 atom stereocenters. The summed E-state index contributed by atoms with van der Waals surface area (Å²) in [6.07, 6.45) is 0.0493. The van der Waals surface area contributed by atoms with Crippen LogP contribution in [0.2, 0.25) is 0 Å². The number of hydrogen-bond acceptors (Lipinski definition) is 4. The van der Waals surface area contributed by atoms with E-state index in [1.165, 1.54) is 21.8 Å². The molecule has 0 saturated heterocycles. The molecule has 11 heteroatoms. The van der Waals surface area contributed by atoms with Gasteiger partial charge in [0.25, 0.3) is 5.92 Å². The van der Waals surface area contributed by atoms with Crippen LogP contribution in [0.5, 0.6) is 0 Å². The smallest absolute Gasteiger partial charge is 0.322 e. The zero-order valence-electron chi connectivity index (χ0n) is 15.5. The molecule has 156 valence electrons. The number of amides is 2. The molecule has 2 aliphatic rings. The van der Waals surface area contributed by atoms with E-state index in [1.54, 1.807) is 6.92 Å². The van der Waals surface area contributed by atoms with E-state index in [1.807, 2.05) is 0 Å². The number of fused-ring (bicyclic) bond motifs is 3. The predicted molar refractivity (Wildman–Crippen MR) is 101 cm³/mol. The van der Waals surface area contributed by atoms with Gasteiger partial charge in [-0.2, -0.15) is 13.9 Å². The maximum atomic E-state index is 14.8. The Labute approximate surface area is 173 Å². The van der Waals surface area contributed by atoms with Gasteiger partial charge in [0.2, 0.25) is 0 Å². The molecule has 29 heavy (non-hydrogen) atoms. The zero-order chi connectivity index (χ0) is 20.9. The molecule has 2 aliphatic heterocycles. The van der Waals surface area contributed by atoms with Gasteiger partial charge in [-0.25, -0.2) is 14.2 Å². The SMILES string of the molecule is C[C@@H]1Cc2nn3c(c2CN1C(=O)Nc1ccnc(Br)c1F)C(F)(F)C[C@H](O)CC3. The summed E-state index contributed by atoms with van der Waals surface area (Å²) in [5.74, 6) is -3.97. The molecular weight excluding hydrogens is 455 g/mol. The number of hydrogen-bond donors (Lipinski definition) is 2. The molecule has 2 aromatic rings. The molecule has 0 spiro atoms. The van der Waals surface area contributed by atoms with Crippen molar-refractivity contribution in [3.05, 3.63) is 39.6 Å². The highest BCUT2D eigenvalue weighted by atomic mass is 79.9. The lowest BCUT2D eigenvalue weighted by molar-refractivity contribution is -0.0509. The molecule has 0 saturated carbocycles. The van der Waals surface area contributed by atoms with Crippen molar-refractivity contribution < 1.29 is 23.1 Å². The van der Waals surface area contributed by atoms with Gasteiger partial charge in [0, 0.05) is 37.2 Å². The zero-order valence-corrected chi connectivity index (χ0v) is 17.1. The van der Waals surface area contributed by atoms with Gasteiger partial charge in [-0.1, -0.05) is 0 Å². The Hall–Kier alpha value is -2.14. The number of aliphatic hydroxyl groups is 1. The van der Waals surface area contributed by atoms with Gasteiger partial charge >= 0.3 is 6.03 Å². The molecule has 0 fully saturated rings. The maximum Gasteiger partial charge on any atom is 0.322 e. The third-order valence-corrected chi connectivity index (χ3v) is 5.90. The molecule has 0 radical (unpaired) electrons. The number of carbonyl (C=O) groups is 1. The standard InChI is InChI=1S/C18H19BrF3N5O2/c1-9-6-13-11(15-18(21,22)7-10(28)3-5-27(15)25-13)8-26(9)17(29)24-12-2-4-23-16(19)14(12)20/h2,4,9-10,28H,3,5-8H2,1H3,(H,23,24,29)/t9-,10-/m1/s1. The van der Waals surface area contributed by atoms with Crippen LogP contribution in [0.15, 0.2) is 16.9 Å². The summed E-state index contributed by atoms with van der Waals surface area (Å²) in [6.45, 7) is 1.90. The van der Waals surface area contributed by atoms with Crippen molar-refractivity contribution in [1.82, 2.24) is 19.7 Å². The van der Waals surface area contributed by atoms with Crippen molar-refractivity contribution in [2.24, 2.45) is 0 Å². The Balaban J connectivity index is 1.64. The number of aliphatic hydroxyl groups excluding tert-OH is 1. The van der Waals surface area contributed by atoms with Crippen molar-refractivity contribution in [2.75, 3.05) is 5.32 Å². The fraction of sp³-hybridized carbons (Fsp3) is 0.500. The van der Waals surface area contributed by atoms with Gasteiger partial charge in [0.1, 0.15) is 10.3 Å². The first-order valence-electron chi connectivity index (χ1n) is 9.20. The van der Waals surface area contributed by atoms with Gasteiger partial charge in [0.15, 0.2) is 5.82 Å². The number of aryl methyl sites for hydroxylation is 1. The normalized spacial score (nSPS) is 23.2. The minimum atomic E-state index is -3.25. The second kappa shape index (κ2) is 7.28. The number of nitrogens with zero attached hydrogens (tertiary/aromatic N) is 4. The number of carbonyl (C=O) groups excluding carboxylic acids is 1. The van der Waals surface area contributed by atoms with Crippen LogP contribution in [0.4, 0.5) is 23.7 Å². The molecule has 7 nitrogen and oxygen atoms in total. The molecule has 2 aromatic heterocycles. The fourth-order valence-corrected chi connectivity index (χ4v) is 4.24. The molecular formula is C18H19BrF3N5O2. The second-order valence-electron chi connectivity index (χ2n) is 7.42. The van der Waals surface area contributed by atoms with Crippen LogP contribution in [0.25, 0.3) is 0 Å². The van der Waals surface area contributed by atoms with Crippen LogP contribution in [-0.4, -0.2) is 42.9 Å². The number of rotatable bonds is 1. The quantitative estimate of drug-likeness (QED) is 0.621. The molecule has 4 rings (SSSR count). The second-order valence-corrected chi connectivity index (χ2v) is 8.17. The Bertz CT molecular complexity index is 967. The van der Waals surface area contributed by atoms with Crippen molar-refractivity contribution in [3.8, 4) is 0 Å². The molecule has 4 heterocycles. The Morgan fingerprint density at radius 1 is 1.45 bits per heavy atom. The molecule has 0 bridgehead atoms. The van der Waals surface area contributed by atoms with E-state index in [9.17, 15) is 23.1 Å². The Kier molecular flexibility index (Phi) is 5.06. The first-order valence-corrected chi connectivity index (χ1v) is 9.99. The van der Waals surface area contributed by atoms with Crippen LogP contribution in [0.3, 0.4) is 0 Å². The van der Waals surface area contributed by atoms with Crippen LogP contribution >= 0.6 is 15.9 Å². The van der Waals surface area contributed by atoms with Gasteiger partial charge in [-0.05, 0) is 35.3 Å². The number of anilines is 1. The monoisotopic (exact) mass is 473 g/mol. The highest BCUT2D eigenvalue weighted by Gasteiger charge is 2.45. The van der Waals surface area contributed by atoms with Crippen molar-refractivity contribution >= 4 is 27.6 Å². The van der Waals surface area contributed by atoms with E-state index < -0.39 is 30.3 Å². The van der Waals surface area contributed by atoms with Crippen molar-refractivity contribution in [3.63, 3.8) is 0 Å². The first-order chi connectivity index (χ1) is 13.7. The highest BCUT2D eigenvalue weighted by Crippen LogP contribution is 2.41. The van der Waals surface area contributed by atoms with E-state index in [4.69, 9.17) is 0 Å². The summed E-state index contributed by atoms with van der Waals surface area (Å²) in [7, 11) is 0. The third kappa shape index (κ3) is 3.61. The highest BCUT2D eigenvalue weighted by molar-refractivity contribution is 9.10. The Morgan fingerprint density at radius 3 is 2.97 bits per heavy atom. The predicted octanol–water partition coefficient (Wildman–Crippen LogP) is 3.40. The number of nitrogens with one attached hydrogen (secondary N) is 1. The molecule has 0 aromatic carbocycles. The minimum absolute atomic E-state index is 0.0376. The number of aromatic nitrogens is 3. The summed E-state index contributed by atoms with van der Waals surface area (Å²) >= 11 is 2.96. The summed E-state index contributed by atoms with van der Waals surface area (Å²) in [4.78, 5) is 17.9. The number of pyridine rings is 1. The fourth-order valence-electron chi connectivity index (χ4n) is 3.91. The summed E-state index contributed by atoms with van der Waals surface area (Å²) < 4.78 is 45.0. The van der Waals surface area contributed by atoms with E-state index in [0.29, 0.717) is 17.7 Å². The molecule has 0 unspecified atom stereocenters. The van der Waals surface area contributed by atoms with Crippen LogP contribution in [0, 0.1) is 5.82 Å². The van der Waals surface area contributed by atoms with Gasteiger partial charge in [-0.3, -0.25) is 4.68 Å². The molecule has 2 N–H and O–H groups in total. The number of halogens is 4. The van der Waals surface area contributed by atoms with Crippen LogP contribution < -0.4 is 5.32 Å². The minimum Gasteiger partial charge on any atom is -0.393 e. The third-order valence-electron chi connectivity index (χ3n) is 5.34. The van der Waals surface area contributed by atoms with Crippen molar-refractivity contribution in [2.45, 2.75) is 57.3 Å². The van der Waals surface area contributed by atoms with Crippen molar-refractivity contribution in [1.29, 1.82) is 0 Å². The van der Waals surface area contributed by atoms with E-state index >= 15 is 0 Å². The number of urea groups is 1. The summed E-state index contributed by atoms with van der Waals surface area (Å²) in [5.41, 5.74) is 0.530. The summed E-state index contributed by atoms with van der Waals surface area (Å²) in [5, 5.41) is 16.6. The van der Waals surface area contributed by atoms with Gasteiger partial charge < -0.3 is 15.3 Å². The molecule has 2 amide bonds. The lowest BCUT2D eigenvalue weighted by Gasteiger charge is -2.33. The van der Waals surface area contributed by atoms with Gasteiger partial charge in [0.05, 0.1) is 24.0 Å². The van der Waals surface area contributed by atoms with Crippen LogP contribution in [0.1, 0.15) is 36.7 Å². The van der Waals surface area contributed by atoms with E-state index in [-0.39, 0.29) is 41.5 Å². The average Bonchev–Trinajstić information content (AvgIpc) is 2.95. The number of alkyl halides is 2.